The summed E-state index contributed by atoms with van der Waals surface area (Å²) in [6.07, 6.45) is 3.25. The Balaban J connectivity index is 2.59. The van der Waals surface area contributed by atoms with Crippen LogP contribution in [0.5, 0.6) is 0 Å². The van der Waals surface area contributed by atoms with E-state index in [1.807, 2.05) is 20.8 Å². The summed E-state index contributed by atoms with van der Waals surface area (Å²) >= 11 is 0. The first kappa shape index (κ1) is 14.3. The van der Waals surface area contributed by atoms with Crippen LogP contribution in [0.15, 0.2) is 0 Å². The first-order valence-electron chi connectivity index (χ1n) is 6.37. The molecule has 0 heterocycles. The van der Waals surface area contributed by atoms with Crippen LogP contribution >= 0.6 is 0 Å². The summed E-state index contributed by atoms with van der Waals surface area (Å²) in [6, 6.07) is 0.167. The van der Waals surface area contributed by atoms with E-state index in [1.54, 1.807) is 12.0 Å². The predicted octanol–water partition coefficient (Wildman–Crippen LogP) is 2.97. The fraction of sp³-hybridized carbons (Fsp3) is 0.923. The minimum absolute atomic E-state index is 0.167. The third kappa shape index (κ3) is 3.87. The maximum absolute atomic E-state index is 11.4. The number of amides is 1. The molecule has 0 atom stereocenters. The number of carbonyl (C=O) groups is 1. The van der Waals surface area contributed by atoms with Crippen LogP contribution in [0.25, 0.3) is 0 Å². The van der Waals surface area contributed by atoms with Crippen molar-refractivity contribution in [2.24, 2.45) is 5.92 Å². The van der Waals surface area contributed by atoms with Crippen LogP contribution in [0.1, 0.15) is 46.5 Å². The second-order valence-corrected chi connectivity index (χ2v) is 5.95. The van der Waals surface area contributed by atoms with Gasteiger partial charge in [0, 0.05) is 25.3 Å². The van der Waals surface area contributed by atoms with E-state index in [-0.39, 0.29) is 11.6 Å². The Kier molecular flexibility index (Phi) is 4.80. The number of rotatable bonds is 3. The lowest BCUT2D eigenvalue weighted by molar-refractivity contribution is 0.0406. The summed E-state index contributed by atoms with van der Waals surface area (Å²) < 4.78 is 5.16. The molecule has 0 saturated heterocycles. The SMILES string of the molecule is COCC1CCC(N(C(=O)O)C(C)(C)C)CC1. The summed E-state index contributed by atoms with van der Waals surface area (Å²) in [5.41, 5.74) is -0.315. The van der Waals surface area contributed by atoms with E-state index in [2.05, 4.69) is 0 Å². The summed E-state index contributed by atoms with van der Waals surface area (Å²) in [6.45, 7) is 6.68. The van der Waals surface area contributed by atoms with E-state index in [4.69, 9.17) is 4.74 Å². The number of methoxy groups -OCH3 is 1. The highest BCUT2D eigenvalue weighted by Crippen LogP contribution is 2.31. The number of carboxylic acid groups (broad SMARTS) is 1. The van der Waals surface area contributed by atoms with Crippen molar-refractivity contribution in [3.63, 3.8) is 0 Å². The van der Waals surface area contributed by atoms with Crippen LogP contribution < -0.4 is 0 Å². The van der Waals surface area contributed by atoms with Gasteiger partial charge < -0.3 is 14.7 Å². The Morgan fingerprint density at radius 2 is 1.82 bits per heavy atom. The number of nitrogens with zero attached hydrogens (tertiary/aromatic N) is 1. The molecule has 0 aromatic carbocycles. The average molecular weight is 243 g/mol. The molecule has 1 saturated carbocycles. The maximum atomic E-state index is 11.4. The molecule has 1 N–H and O–H groups in total. The molecule has 100 valence electrons. The van der Waals surface area contributed by atoms with Crippen LogP contribution in [0.3, 0.4) is 0 Å². The van der Waals surface area contributed by atoms with E-state index in [9.17, 15) is 9.90 Å². The molecule has 1 rings (SSSR count). The molecule has 4 heteroatoms. The highest BCUT2D eigenvalue weighted by atomic mass is 16.5. The van der Waals surface area contributed by atoms with Crippen LogP contribution in [0, 0.1) is 5.92 Å². The van der Waals surface area contributed by atoms with E-state index in [1.165, 1.54) is 0 Å². The normalized spacial score (nSPS) is 25.6. The summed E-state index contributed by atoms with van der Waals surface area (Å²) in [5.74, 6) is 0.604. The van der Waals surface area contributed by atoms with Gasteiger partial charge in [-0.1, -0.05) is 0 Å². The second-order valence-electron chi connectivity index (χ2n) is 5.95. The molecule has 4 nitrogen and oxygen atoms in total. The largest absolute Gasteiger partial charge is 0.465 e. The highest BCUT2D eigenvalue weighted by Gasteiger charge is 2.35. The molecule has 1 fully saturated rings. The fourth-order valence-electron chi connectivity index (χ4n) is 2.80. The Bertz CT molecular complexity index is 252. The predicted molar refractivity (Wildman–Crippen MR) is 67.2 cm³/mol. The fourth-order valence-corrected chi connectivity index (χ4v) is 2.80. The van der Waals surface area contributed by atoms with Gasteiger partial charge in [-0.2, -0.15) is 0 Å². The second kappa shape index (κ2) is 5.71. The van der Waals surface area contributed by atoms with Crippen LogP contribution in [0.2, 0.25) is 0 Å². The van der Waals surface area contributed by atoms with Gasteiger partial charge in [-0.15, -0.1) is 0 Å². The van der Waals surface area contributed by atoms with Gasteiger partial charge in [-0.3, -0.25) is 0 Å². The van der Waals surface area contributed by atoms with Crippen LogP contribution in [-0.2, 0) is 4.74 Å². The average Bonchev–Trinajstić information content (AvgIpc) is 2.18. The van der Waals surface area contributed by atoms with Crippen molar-refractivity contribution < 1.29 is 14.6 Å². The van der Waals surface area contributed by atoms with Crippen LogP contribution in [0.4, 0.5) is 4.79 Å². The zero-order valence-electron chi connectivity index (χ0n) is 11.4. The summed E-state index contributed by atoms with van der Waals surface area (Å²) in [5, 5.41) is 9.33. The van der Waals surface area contributed by atoms with Crippen LogP contribution in [-0.4, -0.2) is 41.4 Å². The zero-order valence-corrected chi connectivity index (χ0v) is 11.4. The smallest absolute Gasteiger partial charge is 0.407 e. The van der Waals surface area contributed by atoms with Gasteiger partial charge in [-0.05, 0) is 52.4 Å². The van der Waals surface area contributed by atoms with Crippen molar-refractivity contribution in [1.82, 2.24) is 4.90 Å². The molecule has 0 unspecified atom stereocenters. The lowest BCUT2D eigenvalue weighted by Crippen LogP contribution is -2.52. The van der Waals surface area contributed by atoms with Crippen molar-refractivity contribution in [1.29, 1.82) is 0 Å². The quantitative estimate of drug-likeness (QED) is 0.829. The third-order valence-electron chi connectivity index (χ3n) is 3.51. The molecular formula is C13H25NO3. The minimum atomic E-state index is -0.798. The molecule has 0 aromatic rings. The van der Waals surface area contributed by atoms with Gasteiger partial charge in [0.15, 0.2) is 0 Å². The van der Waals surface area contributed by atoms with Crippen molar-refractivity contribution >= 4 is 6.09 Å². The van der Waals surface area contributed by atoms with Gasteiger partial charge in [-0.25, -0.2) is 4.79 Å². The topological polar surface area (TPSA) is 49.8 Å². The van der Waals surface area contributed by atoms with Crippen molar-refractivity contribution in [3.8, 4) is 0 Å². The first-order valence-corrected chi connectivity index (χ1v) is 6.37. The standard InChI is InChI=1S/C13H25NO3/c1-13(2,3)14(12(15)16)11-7-5-10(6-8-11)9-17-4/h10-11H,5-9H2,1-4H3,(H,15,16). The Labute approximate surface area is 104 Å². The minimum Gasteiger partial charge on any atom is -0.465 e. The molecule has 17 heavy (non-hydrogen) atoms. The maximum Gasteiger partial charge on any atom is 0.407 e. The molecule has 0 aliphatic heterocycles. The van der Waals surface area contributed by atoms with E-state index in [0.29, 0.717) is 5.92 Å². The van der Waals surface area contributed by atoms with Crippen molar-refractivity contribution in [3.05, 3.63) is 0 Å². The lowest BCUT2D eigenvalue weighted by atomic mass is 9.84. The van der Waals surface area contributed by atoms with E-state index < -0.39 is 6.09 Å². The molecule has 1 aliphatic rings. The first-order chi connectivity index (χ1) is 7.86. The molecule has 0 aromatic heterocycles. The highest BCUT2D eigenvalue weighted by molar-refractivity contribution is 5.66. The Morgan fingerprint density at radius 1 is 1.29 bits per heavy atom. The van der Waals surface area contributed by atoms with Gasteiger partial charge >= 0.3 is 6.09 Å². The van der Waals surface area contributed by atoms with E-state index >= 15 is 0 Å². The number of hydrogen-bond acceptors (Lipinski definition) is 2. The Hall–Kier alpha value is -0.770. The number of ether oxygens (including phenoxy) is 1. The van der Waals surface area contributed by atoms with Gasteiger partial charge in [0.05, 0.1) is 0 Å². The lowest BCUT2D eigenvalue weighted by Gasteiger charge is -2.42. The molecule has 0 spiro atoms. The van der Waals surface area contributed by atoms with Gasteiger partial charge in [0.2, 0.25) is 0 Å². The zero-order chi connectivity index (χ0) is 13.1. The summed E-state index contributed by atoms with van der Waals surface area (Å²) in [7, 11) is 1.73. The summed E-state index contributed by atoms with van der Waals surface area (Å²) in [4.78, 5) is 13.0. The van der Waals surface area contributed by atoms with Crippen molar-refractivity contribution in [2.75, 3.05) is 13.7 Å². The molecule has 0 radical (unpaired) electrons. The number of hydrogen-bond donors (Lipinski definition) is 1. The molecule has 1 amide bonds. The van der Waals surface area contributed by atoms with Gasteiger partial charge in [0.1, 0.15) is 0 Å². The molecular weight excluding hydrogens is 218 g/mol. The van der Waals surface area contributed by atoms with E-state index in [0.717, 1.165) is 32.3 Å². The third-order valence-corrected chi connectivity index (χ3v) is 3.51. The van der Waals surface area contributed by atoms with Crippen molar-refractivity contribution in [2.45, 2.75) is 58.0 Å². The Morgan fingerprint density at radius 3 is 2.18 bits per heavy atom. The molecule has 1 aliphatic carbocycles. The monoisotopic (exact) mass is 243 g/mol. The molecule has 0 bridgehead atoms. The van der Waals surface area contributed by atoms with Gasteiger partial charge in [0.25, 0.3) is 0 Å².